The van der Waals surface area contributed by atoms with E-state index in [-0.39, 0.29) is 17.5 Å². The average Bonchev–Trinajstić information content (AvgIpc) is 2.78. The molecule has 5 nitrogen and oxygen atoms in total. The lowest BCUT2D eigenvalue weighted by molar-refractivity contribution is 0.102. The number of amides is 1. The number of thioether (sulfide) groups is 1. The number of para-hydroxylation sites is 2. The van der Waals surface area contributed by atoms with E-state index in [1.807, 2.05) is 86.6 Å². The van der Waals surface area contributed by atoms with Crippen LogP contribution in [-0.4, -0.2) is 15.5 Å². The van der Waals surface area contributed by atoms with Gasteiger partial charge in [0, 0.05) is 23.0 Å². The molecule has 1 heterocycles. The van der Waals surface area contributed by atoms with Crippen LogP contribution in [-0.2, 0) is 5.75 Å². The predicted molar refractivity (Wildman–Crippen MR) is 127 cm³/mol. The molecule has 0 spiro atoms. The van der Waals surface area contributed by atoms with Gasteiger partial charge in [-0.2, -0.15) is 0 Å². The summed E-state index contributed by atoms with van der Waals surface area (Å²) < 4.78 is 1.74. The normalized spacial score (nSPS) is 11.1. The first kappa shape index (κ1) is 20.9. The van der Waals surface area contributed by atoms with E-state index in [0.717, 1.165) is 11.3 Å². The van der Waals surface area contributed by atoms with Gasteiger partial charge in [-0.15, -0.1) is 0 Å². The van der Waals surface area contributed by atoms with E-state index in [4.69, 9.17) is 4.98 Å². The molecule has 0 aliphatic heterocycles. The maximum atomic E-state index is 13.0. The molecule has 0 aliphatic carbocycles. The van der Waals surface area contributed by atoms with Gasteiger partial charge in [-0.25, -0.2) is 4.98 Å². The molecular formula is C25H23N3O2S. The molecule has 0 fully saturated rings. The summed E-state index contributed by atoms with van der Waals surface area (Å²) in [5, 5.41) is 4.21. The van der Waals surface area contributed by atoms with Crippen molar-refractivity contribution >= 4 is 34.3 Å². The maximum absolute atomic E-state index is 13.0. The SMILES string of the molecule is CC(C)n1c(SCc2cccc(C(=O)Nc3ccccc3)c2)nc2ccccc2c1=O. The van der Waals surface area contributed by atoms with Crippen molar-refractivity contribution < 1.29 is 4.79 Å². The summed E-state index contributed by atoms with van der Waals surface area (Å²) >= 11 is 1.50. The minimum atomic E-state index is -0.152. The Kier molecular flexibility index (Phi) is 6.18. The largest absolute Gasteiger partial charge is 0.322 e. The monoisotopic (exact) mass is 429 g/mol. The number of aromatic nitrogens is 2. The molecule has 4 rings (SSSR count). The number of fused-ring (bicyclic) bond motifs is 1. The van der Waals surface area contributed by atoms with Gasteiger partial charge in [0.2, 0.25) is 0 Å². The third kappa shape index (κ3) is 4.70. The summed E-state index contributed by atoms with van der Waals surface area (Å²) in [5.74, 6) is 0.449. The molecule has 1 N–H and O–H groups in total. The van der Waals surface area contributed by atoms with Gasteiger partial charge in [0.1, 0.15) is 0 Å². The molecule has 4 aromatic rings. The molecule has 0 aliphatic rings. The van der Waals surface area contributed by atoms with Gasteiger partial charge >= 0.3 is 0 Å². The fourth-order valence-electron chi connectivity index (χ4n) is 3.36. The van der Waals surface area contributed by atoms with E-state index in [2.05, 4.69) is 5.32 Å². The van der Waals surface area contributed by atoms with Crippen LogP contribution in [0.15, 0.2) is 88.8 Å². The number of hydrogen-bond acceptors (Lipinski definition) is 4. The van der Waals surface area contributed by atoms with Crippen molar-refractivity contribution in [1.29, 1.82) is 0 Å². The smallest absolute Gasteiger partial charge is 0.262 e. The Morgan fingerprint density at radius 1 is 1.00 bits per heavy atom. The number of hydrogen-bond donors (Lipinski definition) is 1. The fourth-order valence-corrected chi connectivity index (χ4v) is 4.43. The molecule has 6 heteroatoms. The average molecular weight is 430 g/mol. The lowest BCUT2D eigenvalue weighted by Gasteiger charge is -2.16. The Morgan fingerprint density at radius 2 is 1.74 bits per heavy atom. The summed E-state index contributed by atoms with van der Waals surface area (Å²) in [6.07, 6.45) is 0. The van der Waals surface area contributed by atoms with Gasteiger partial charge in [0.15, 0.2) is 5.16 Å². The van der Waals surface area contributed by atoms with Crippen LogP contribution in [0.2, 0.25) is 0 Å². The minimum absolute atomic E-state index is 0.00455. The van der Waals surface area contributed by atoms with Crippen LogP contribution in [0.5, 0.6) is 0 Å². The molecule has 0 radical (unpaired) electrons. The molecule has 0 saturated carbocycles. The number of nitrogens with zero attached hydrogens (tertiary/aromatic N) is 2. The first-order valence-electron chi connectivity index (χ1n) is 10.1. The van der Waals surface area contributed by atoms with Gasteiger partial charge < -0.3 is 5.32 Å². The second kappa shape index (κ2) is 9.18. The Morgan fingerprint density at radius 3 is 2.52 bits per heavy atom. The van der Waals surface area contributed by atoms with Crippen molar-refractivity contribution in [2.45, 2.75) is 30.8 Å². The van der Waals surface area contributed by atoms with Crippen molar-refractivity contribution in [3.63, 3.8) is 0 Å². The summed E-state index contributed by atoms with van der Waals surface area (Å²) in [6.45, 7) is 3.97. The predicted octanol–water partition coefficient (Wildman–Crippen LogP) is 5.52. The van der Waals surface area contributed by atoms with E-state index in [0.29, 0.717) is 27.4 Å². The van der Waals surface area contributed by atoms with Crippen molar-refractivity contribution in [3.8, 4) is 0 Å². The highest BCUT2D eigenvalue weighted by molar-refractivity contribution is 7.98. The van der Waals surface area contributed by atoms with Gasteiger partial charge in [-0.05, 0) is 55.8 Å². The summed E-state index contributed by atoms with van der Waals surface area (Å²) in [5.41, 5.74) is 3.01. The summed E-state index contributed by atoms with van der Waals surface area (Å²) in [4.78, 5) is 30.3. The van der Waals surface area contributed by atoms with Crippen LogP contribution in [0.4, 0.5) is 5.69 Å². The summed E-state index contributed by atoms with van der Waals surface area (Å²) in [6, 6.07) is 24.3. The number of carbonyl (C=O) groups is 1. The Labute approximate surface area is 185 Å². The fraction of sp³-hybridized carbons (Fsp3) is 0.160. The van der Waals surface area contributed by atoms with Crippen molar-refractivity contribution in [2.75, 3.05) is 5.32 Å². The quantitative estimate of drug-likeness (QED) is 0.324. The first-order valence-corrected chi connectivity index (χ1v) is 11.1. The Bertz CT molecular complexity index is 1280. The van der Waals surface area contributed by atoms with Crippen LogP contribution in [0.3, 0.4) is 0 Å². The first-order chi connectivity index (χ1) is 15.0. The van der Waals surface area contributed by atoms with E-state index in [1.54, 1.807) is 10.6 Å². The van der Waals surface area contributed by atoms with E-state index < -0.39 is 0 Å². The zero-order valence-corrected chi connectivity index (χ0v) is 18.2. The van der Waals surface area contributed by atoms with Crippen LogP contribution < -0.4 is 10.9 Å². The van der Waals surface area contributed by atoms with Crippen molar-refractivity contribution in [1.82, 2.24) is 9.55 Å². The summed E-state index contributed by atoms with van der Waals surface area (Å²) in [7, 11) is 0. The topological polar surface area (TPSA) is 64.0 Å². The van der Waals surface area contributed by atoms with E-state index in [1.165, 1.54) is 11.8 Å². The van der Waals surface area contributed by atoms with Crippen LogP contribution in [0, 0.1) is 0 Å². The van der Waals surface area contributed by atoms with Gasteiger partial charge in [-0.1, -0.05) is 54.2 Å². The molecule has 1 amide bonds. The third-order valence-corrected chi connectivity index (χ3v) is 5.90. The van der Waals surface area contributed by atoms with Crippen LogP contribution in [0.25, 0.3) is 10.9 Å². The van der Waals surface area contributed by atoms with E-state index >= 15 is 0 Å². The van der Waals surface area contributed by atoms with Crippen molar-refractivity contribution in [3.05, 3.63) is 100 Å². The molecule has 0 unspecified atom stereocenters. The number of rotatable bonds is 6. The van der Waals surface area contributed by atoms with Crippen LogP contribution >= 0.6 is 11.8 Å². The maximum Gasteiger partial charge on any atom is 0.262 e. The minimum Gasteiger partial charge on any atom is -0.322 e. The number of benzene rings is 3. The number of anilines is 1. The second-order valence-corrected chi connectivity index (χ2v) is 8.43. The Balaban J connectivity index is 1.57. The van der Waals surface area contributed by atoms with Gasteiger partial charge in [0.25, 0.3) is 11.5 Å². The molecular weight excluding hydrogens is 406 g/mol. The Hall–Kier alpha value is -3.38. The van der Waals surface area contributed by atoms with Crippen molar-refractivity contribution in [2.24, 2.45) is 0 Å². The molecule has 31 heavy (non-hydrogen) atoms. The zero-order chi connectivity index (χ0) is 21.8. The molecule has 3 aromatic carbocycles. The lowest BCUT2D eigenvalue weighted by Crippen LogP contribution is -2.25. The van der Waals surface area contributed by atoms with Gasteiger partial charge in [-0.3, -0.25) is 14.2 Å². The molecule has 0 bridgehead atoms. The highest BCUT2D eigenvalue weighted by atomic mass is 32.2. The number of nitrogens with one attached hydrogen (secondary N) is 1. The number of carbonyl (C=O) groups excluding carboxylic acids is 1. The second-order valence-electron chi connectivity index (χ2n) is 7.49. The highest BCUT2D eigenvalue weighted by Crippen LogP contribution is 2.25. The van der Waals surface area contributed by atoms with E-state index in [9.17, 15) is 9.59 Å². The molecule has 0 atom stereocenters. The molecule has 156 valence electrons. The third-order valence-electron chi connectivity index (χ3n) is 4.88. The van der Waals surface area contributed by atoms with Gasteiger partial charge in [0.05, 0.1) is 10.9 Å². The molecule has 1 aromatic heterocycles. The zero-order valence-electron chi connectivity index (χ0n) is 17.4. The van der Waals surface area contributed by atoms with Crippen LogP contribution in [0.1, 0.15) is 35.8 Å². The lowest BCUT2D eigenvalue weighted by atomic mass is 10.1. The highest BCUT2D eigenvalue weighted by Gasteiger charge is 2.14. The standard InChI is InChI=1S/C25H23N3O2S/c1-17(2)28-24(30)21-13-6-7-14-22(21)27-25(28)31-16-18-9-8-10-19(15-18)23(29)26-20-11-4-3-5-12-20/h3-15,17H,16H2,1-2H3,(H,26,29). The molecule has 0 saturated heterocycles.